The molecule has 0 aromatic carbocycles. The van der Waals surface area contributed by atoms with E-state index in [1.54, 1.807) is 4.90 Å². The molecule has 108 valence electrons. The summed E-state index contributed by atoms with van der Waals surface area (Å²) < 4.78 is 0.985. The number of thiophene rings is 1. The van der Waals surface area contributed by atoms with Gasteiger partial charge in [-0.2, -0.15) is 0 Å². The molecular formula is C14H17BrN2O2S. The summed E-state index contributed by atoms with van der Waals surface area (Å²) in [5, 5.41) is 3.01. The van der Waals surface area contributed by atoms with E-state index < -0.39 is 0 Å². The first-order chi connectivity index (χ1) is 9.56. The first-order valence-electron chi connectivity index (χ1n) is 6.93. The molecule has 1 saturated carbocycles. The molecule has 0 spiro atoms. The van der Waals surface area contributed by atoms with Gasteiger partial charge in [-0.3, -0.25) is 9.59 Å². The van der Waals surface area contributed by atoms with Crippen molar-refractivity contribution in [3.8, 4) is 0 Å². The number of amides is 2. The smallest absolute Gasteiger partial charge is 0.264 e. The Morgan fingerprint density at radius 1 is 1.40 bits per heavy atom. The van der Waals surface area contributed by atoms with Gasteiger partial charge in [0.25, 0.3) is 5.91 Å². The summed E-state index contributed by atoms with van der Waals surface area (Å²) >= 11 is 4.89. The molecule has 1 unspecified atom stereocenters. The van der Waals surface area contributed by atoms with Crippen LogP contribution in [0.15, 0.2) is 9.85 Å². The lowest BCUT2D eigenvalue weighted by molar-refractivity contribution is -0.125. The fourth-order valence-corrected chi connectivity index (χ4v) is 4.01. The zero-order valence-electron chi connectivity index (χ0n) is 11.3. The van der Waals surface area contributed by atoms with Crippen molar-refractivity contribution in [3.05, 3.63) is 20.3 Å². The summed E-state index contributed by atoms with van der Waals surface area (Å²) in [6, 6.07) is 1.95. The standard InChI is InChI=1S/C14H17BrN2O2S/c1-8-7-11(20-12(8)15)14(19)17-6-2-3-10(17)13(18)16-9-4-5-9/h7,9-10H,2-6H2,1H3,(H,16,18). The lowest BCUT2D eigenvalue weighted by atomic mass is 10.2. The van der Waals surface area contributed by atoms with Gasteiger partial charge in [0.15, 0.2) is 0 Å². The third-order valence-electron chi connectivity index (χ3n) is 3.81. The van der Waals surface area contributed by atoms with Crippen LogP contribution < -0.4 is 5.32 Å². The Balaban J connectivity index is 1.73. The third-order valence-corrected chi connectivity index (χ3v) is 5.93. The number of nitrogens with zero attached hydrogens (tertiary/aromatic N) is 1. The summed E-state index contributed by atoms with van der Waals surface area (Å²) in [5.41, 5.74) is 1.07. The Morgan fingerprint density at radius 2 is 2.15 bits per heavy atom. The number of rotatable bonds is 3. The number of hydrogen-bond donors (Lipinski definition) is 1. The predicted octanol–water partition coefficient (Wildman–Crippen LogP) is 2.70. The Hall–Kier alpha value is -0.880. The summed E-state index contributed by atoms with van der Waals surface area (Å²) in [6.07, 6.45) is 3.82. The normalized spacial score (nSPS) is 22.1. The fourth-order valence-electron chi connectivity index (χ4n) is 2.51. The SMILES string of the molecule is Cc1cc(C(=O)N2CCCC2C(=O)NC2CC2)sc1Br. The maximum atomic E-state index is 12.6. The van der Waals surface area contributed by atoms with Crippen LogP contribution in [0.1, 0.15) is 40.9 Å². The van der Waals surface area contributed by atoms with E-state index in [9.17, 15) is 9.59 Å². The Labute approximate surface area is 130 Å². The summed E-state index contributed by atoms with van der Waals surface area (Å²) in [5.74, 6) is 0.00272. The first-order valence-corrected chi connectivity index (χ1v) is 8.54. The highest BCUT2D eigenvalue weighted by Gasteiger charge is 2.37. The molecule has 6 heteroatoms. The molecule has 20 heavy (non-hydrogen) atoms. The lowest BCUT2D eigenvalue weighted by Crippen LogP contribution is -2.46. The van der Waals surface area contributed by atoms with Crippen molar-refractivity contribution in [1.82, 2.24) is 10.2 Å². The van der Waals surface area contributed by atoms with Gasteiger partial charge in [-0.05, 0) is 60.2 Å². The van der Waals surface area contributed by atoms with Crippen molar-refractivity contribution in [2.75, 3.05) is 6.54 Å². The predicted molar refractivity (Wildman–Crippen MR) is 82.0 cm³/mol. The molecule has 0 radical (unpaired) electrons. The topological polar surface area (TPSA) is 49.4 Å². The van der Waals surface area contributed by atoms with E-state index in [0.29, 0.717) is 17.5 Å². The van der Waals surface area contributed by atoms with Crippen LogP contribution in [-0.2, 0) is 4.79 Å². The van der Waals surface area contributed by atoms with E-state index in [0.717, 1.165) is 35.0 Å². The second-order valence-corrected chi connectivity index (χ2v) is 7.88. The second kappa shape index (κ2) is 5.48. The van der Waals surface area contributed by atoms with E-state index in [-0.39, 0.29) is 17.9 Å². The van der Waals surface area contributed by atoms with E-state index in [1.165, 1.54) is 11.3 Å². The Kier molecular flexibility index (Phi) is 3.86. The van der Waals surface area contributed by atoms with Crippen molar-refractivity contribution in [2.45, 2.75) is 44.7 Å². The van der Waals surface area contributed by atoms with Crippen molar-refractivity contribution < 1.29 is 9.59 Å². The van der Waals surface area contributed by atoms with Gasteiger partial charge in [-0.1, -0.05) is 0 Å². The second-order valence-electron chi connectivity index (χ2n) is 5.51. The molecule has 2 heterocycles. The molecule has 1 aromatic rings. The maximum absolute atomic E-state index is 12.6. The van der Waals surface area contributed by atoms with Crippen molar-refractivity contribution in [3.63, 3.8) is 0 Å². The highest BCUT2D eigenvalue weighted by molar-refractivity contribution is 9.11. The number of nitrogens with one attached hydrogen (secondary N) is 1. The number of halogens is 1. The largest absolute Gasteiger partial charge is 0.352 e. The quantitative estimate of drug-likeness (QED) is 0.904. The molecular weight excluding hydrogens is 340 g/mol. The van der Waals surface area contributed by atoms with Crippen LogP contribution in [-0.4, -0.2) is 35.3 Å². The molecule has 1 N–H and O–H groups in total. The highest BCUT2D eigenvalue weighted by Crippen LogP contribution is 2.30. The lowest BCUT2D eigenvalue weighted by Gasteiger charge is -2.23. The molecule has 1 aliphatic heterocycles. The molecule has 2 amide bonds. The Morgan fingerprint density at radius 3 is 2.75 bits per heavy atom. The van der Waals surface area contributed by atoms with Crippen LogP contribution in [0.4, 0.5) is 0 Å². The maximum Gasteiger partial charge on any atom is 0.264 e. The van der Waals surface area contributed by atoms with Crippen LogP contribution in [0.25, 0.3) is 0 Å². The van der Waals surface area contributed by atoms with Crippen LogP contribution in [0.3, 0.4) is 0 Å². The molecule has 2 fully saturated rings. The summed E-state index contributed by atoms with van der Waals surface area (Å²) in [7, 11) is 0. The van der Waals surface area contributed by atoms with Crippen LogP contribution in [0.2, 0.25) is 0 Å². The van der Waals surface area contributed by atoms with Gasteiger partial charge in [0.1, 0.15) is 6.04 Å². The van der Waals surface area contributed by atoms with Gasteiger partial charge in [0.2, 0.25) is 5.91 Å². The van der Waals surface area contributed by atoms with Gasteiger partial charge in [-0.25, -0.2) is 0 Å². The molecule has 1 saturated heterocycles. The number of aryl methyl sites for hydroxylation is 1. The van der Waals surface area contributed by atoms with Gasteiger partial charge in [0, 0.05) is 12.6 Å². The first kappa shape index (κ1) is 14.1. The van der Waals surface area contributed by atoms with Crippen LogP contribution in [0, 0.1) is 6.92 Å². The molecule has 3 rings (SSSR count). The zero-order valence-corrected chi connectivity index (χ0v) is 13.7. The van der Waals surface area contributed by atoms with E-state index in [2.05, 4.69) is 21.2 Å². The van der Waals surface area contributed by atoms with E-state index in [1.807, 2.05) is 13.0 Å². The van der Waals surface area contributed by atoms with Crippen LogP contribution in [0.5, 0.6) is 0 Å². The molecule has 1 atom stereocenters. The highest BCUT2D eigenvalue weighted by atomic mass is 79.9. The van der Waals surface area contributed by atoms with Gasteiger partial charge >= 0.3 is 0 Å². The minimum absolute atomic E-state index is 0.0164. The number of hydrogen-bond acceptors (Lipinski definition) is 3. The molecule has 1 aliphatic carbocycles. The molecule has 2 aliphatic rings. The minimum atomic E-state index is -0.288. The summed E-state index contributed by atoms with van der Waals surface area (Å²) in [6.45, 7) is 2.65. The summed E-state index contributed by atoms with van der Waals surface area (Å²) in [4.78, 5) is 27.2. The molecule has 0 bridgehead atoms. The van der Waals surface area contributed by atoms with Gasteiger partial charge in [-0.15, -0.1) is 11.3 Å². The minimum Gasteiger partial charge on any atom is -0.352 e. The molecule has 4 nitrogen and oxygen atoms in total. The average molecular weight is 357 g/mol. The van der Waals surface area contributed by atoms with E-state index >= 15 is 0 Å². The fraction of sp³-hybridized carbons (Fsp3) is 0.571. The van der Waals surface area contributed by atoms with Crippen LogP contribution >= 0.6 is 27.3 Å². The zero-order chi connectivity index (χ0) is 14.3. The number of carbonyl (C=O) groups is 2. The van der Waals surface area contributed by atoms with Crippen molar-refractivity contribution >= 4 is 39.1 Å². The number of carbonyl (C=O) groups excluding carboxylic acids is 2. The van der Waals surface area contributed by atoms with Crippen molar-refractivity contribution in [2.24, 2.45) is 0 Å². The van der Waals surface area contributed by atoms with Gasteiger partial charge < -0.3 is 10.2 Å². The third kappa shape index (κ3) is 2.76. The van der Waals surface area contributed by atoms with Gasteiger partial charge in [0.05, 0.1) is 8.66 Å². The van der Waals surface area contributed by atoms with E-state index in [4.69, 9.17) is 0 Å². The Bertz CT molecular complexity index is 534. The number of likely N-dealkylation sites (tertiary alicyclic amines) is 1. The molecule has 1 aromatic heterocycles. The van der Waals surface area contributed by atoms with Crippen molar-refractivity contribution in [1.29, 1.82) is 0 Å². The average Bonchev–Trinajstić information content (AvgIpc) is 2.98. The monoisotopic (exact) mass is 356 g/mol.